The topological polar surface area (TPSA) is 72.2 Å². The van der Waals surface area contributed by atoms with Crippen molar-refractivity contribution in [2.24, 2.45) is 0 Å². The molecule has 0 atom stereocenters. The summed E-state index contributed by atoms with van der Waals surface area (Å²) in [7, 11) is 0. The predicted octanol–water partition coefficient (Wildman–Crippen LogP) is 0.990. The zero-order chi connectivity index (χ0) is 12.3. The molecule has 0 unspecified atom stereocenters. The Kier molecular flexibility index (Phi) is 3.00. The zero-order valence-corrected chi connectivity index (χ0v) is 8.91. The van der Waals surface area contributed by atoms with Crippen molar-refractivity contribution in [3.8, 4) is 0 Å². The van der Waals surface area contributed by atoms with E-state index in [1.807, 2.05) is 0 Å². The Morgan fingerprint density at radius 1 is 1.24 bits per heavy atom. The van der Waals surface area contributed by atoms with Gasteiger partial charge in [-0.05, 0) is 17.7 Å². The van der Waals surface area contributed by atoms with Crippen molar-refractivity contribution in [2.75, 3.05) is 0 Å². The lowest BCUT2D eigenvalue weighted by molar-refractivity contribution is 0.0695. The number of aromatic carboxylic acids is 1. The van der Waals surface area contributed by atoms with Crippen molar-refractivity contribution in [3.05, 3.63) is 64.1 Å². The summed E-state index contributed by atoms with van der Waals surface area (Å²) < 4.78 is 1.22. The highest BCUT2D eigenvalue weighted by atomic mass is 16.4. The summed E-state index contributed by atoms with van der Waals surface area (Å²) in [6.07, 6.45) is 1.49. The van der Waals surface area contributed by atoms with Gasteiger partial charge in [-0.3, -0.25) is 4.79 Å². The minimum Gasteiger partial charge on any atom is -0.478 e. The highest BCUT2D eigenvalue weighted by Gasteiger charge is 2.09. The molecule has 1 aromatic heterocycles. The molecular weight excluding hydrogens is 220 g/mol. The third-order valence-electron chi connectivity index (χ3n) is 2.35. The van der Waals surface area contributed by atoms with Gasteiger partial charge in [-0.25, -0.2) is 9.48 Å². The molecule has 0 fully saturated rings. The highest BCUT2D eigenvalue weighted by molar-refractivity contribution is 5.89. The Labute approximate surface area is 97.0 Å². The van der Waals surface area contributed by atoms with Crippen LogP contribution < -0.4 is 5.56 Å². The molecule has 0 saturated heterocycles. The van der Waals surface area contributed by atoms with Crippen LogP contribution in [0, 0.1) is 0 Å². The van der Waals surface area contributed by atoms with Crippen LogP contribution in [0.4, 0.5) is 0 Å². The smallest absolute Gasteiger partial charge is 0.336 e. The maximum Gasteiger partial charge on any atom is 0.336 e. The molecule has 1 aromatic carbocycles. The lowest BCUT2D eigenvalue weighted by atomic mass is 10.1. The van der Waals surface area contributed by atoms with Gasteiger partial charge < -0.3 is 5.11 Å². The average molecular weight is 230 g/mol. The van der Waals surface area contributed by atoms with E-state index in [1.54, 1.807) is 24.3 Å². The SMILES string of the molecule is O=C(O)c1ccccc1Cn1ncccc1=O. The van der Waals surface area contributed by atoms with Crippen LogP contribution in [0.3, 0.4) is 0 Å². The fourth-order valence-corrected chi connectivity index (χ4v) is 1.53. The average Bonchev–Trinajstić information content (AvgIpc) is 2.32. The molecular formula is C12H10N2O3. The largest absolute Gasteiger partial charge is 0.478 e. The van der Waals surface area contributed by atoms with E-state index >= 15 is 0 Å². The number of nitrogens with zero attached hydrogens (tertiary/aromatic N) is 2. The summed E-state index contributed by atoms with van der Waals surface area (Å²) in [4.78, 5) is 22.4. The van der Waals surface area contributed by atoms with Crippen LogP contribution in [-0.4, -0.2) is 20.9 Å². The van der Waals surface area contributed by atoms with Crippen molar-refractivity contribution in [2.45, 2.75) is 6.54 Å². The second-order valence-corrected chi connectivity index (χ2v) is 3.48. The van der Waals surface area contributed by atoms with E-state index in [9.17, 15) is 9.59 Å². The number of hydrogen-bond donors (Lipinski definition) is 1. The molecule has 0 amide bonds. The van der Waals surface area contributed by atoms with Gasteiger partial charge in [-0.2, -0.15) is 5.10 Å². The van der Waals surface area contributed by atoms with E-state index in [4.69, 9.17) is 5.11 Å². The van der Waals surface area contributed by atoms with Gasteiger partial charge in [0.15, 0.2) is 0 Å². The summed E-state index contributed by atoms with van der Waals surface area (Å²) in [6.45, 7) is 0.155. The lowest BCUT2D eigenvalue weighted by Crippen LogP contribution is -2.22. The van der Waals surface area contributed by atoms with Crippen LogP contribution >= 0.6 is 0 Å². The number of benzene rings is 1. The molecule has 86 valence electrons. The van der Waals surface area contributed by atoms with Crippen LogP contribution in [0.1, 0.15) is 15.9 Å². The van der Waals surface area contributed by atoms with Crippen molar-refractivity contribution in [1.29, 1.82) is 0 Å². The third-order valence-corrected chi connectivity index (χ3v) is 2.35. The quantitative estimate of drug-likeness (QED) is 0.853. The van der Waals surface area contributed by atoms with E-state index in [0.717, 1.165) is 0 Å². The van der Waals surface area contributed by atoms with E-state index in [2.05, 4.69) is 5.10 Å². The van der Waals surface area contributed by atoms with Gasteiger partial charge in [0, 0.05) is 12.3 Å². The van der Waals surface area contributed by atoms with Gasteiger partial charge in [-0.1, -0.05) is 18.2 Å². The minimum absolute atomic E-state index is 0.155. The summed E-state index contributed by atoms with van der Waals surface area (Å²) in [5.41, 5.74) is 0.485. The van der Waals surface area contributed by atoms with Gasteiger partial charge in [0.1, 0.15) is 0 Å². The molecule has 2 aromatic rings. The van der Waals surface area contributed by atoms with Crippen LogP contribution in [0.15, 0.2) is 47.4 Å². The van der Waals surface area contributed by atoms with E-state index < -0.39 is 5.97 Å². The molecule has 1 heterocycles. The molecule has 0 aliphatic rings. The van der Waals surface area contributed by atoms with Crippen LogP contribution in [0.25, 0.3) is 0 Å². The summed E-state index contributed by atoms with van der Waals surface area (Å²) >= 11 is 0. The molecule has 0 bridgehead atoms. The second kappa shape index (κ2) is 4.61. The lowest BCUT2D eigenvalue weighted by Gasteiger charge is -2.06. The van der Waals surface area contributed by atoms with Crippen LogP contribution in [-0.2, 0) is 6.54 Å². The number of carboxylic acids is 1. The zero-order valence-electron chi connectivity index (χ0n) is 8.91. The Hall–Kier alpha value is -2.43. The number of rotatable bonds is 3. The first-order chi connectivity index (χ1) is 8.18. The van der Waals surface area contributed by atoms with Crippen molar-refractivity contribution >= 4 is 5.97 Å². The minimum atomic E-state index is -1.01. The first kappa shape index (κ1) is 11.1. The molecule has 0 saturated carbocycles. The number of carbonyl (C=O) groups is 1. The van der Waals surface area contributed by atoms with Crippen LogP contribution in [0.2, 0.25) is 0 Å². The Bertz CT molecular complexity index is 604. The molecule has 0 aliphatic carbocycles. The van der Waals surface area contributed by atoms with Gasteiger partial charge in [0.05, 0.1) is 12.1 Å². The monoisotopic (exact) mass is 230 g/mol. The molecule has 5 nitrogen and oxygen atoms in total. The molecule has 0 spiro atoms. The fourth-order valence-electron chi connectivity index (χ4n) is 1.53. The standard InChI is InChI=1S/C12H10N2O3/c15-11-6-3-7-13-14(11)8-9-4-1-2-5-10(9)12(16)17/h1-7H,8H2,(H,16,17). The first-order valence-electron chi connectivity index (χ1n) is 5.02. The Morgan fingerprint density at radius 3 is 2.71 bits per heavy atom. The van der Waals surface area contributed by atoms with E-state index in [-0.39, 0.29) is 17.7 Å². The predicted molar refractivity (Wildman–Crippen MR) is 61.0 cm³/mol. The summed E-state index contributed by atoms with van der Waals surface area (Å²) in [5, 5.41) is 12.9. The molecule has 1 N–H and O–H groups in total. The highest BCUT2D eigenvalue weighted by Crippen LogP contribution is 2.09. The number of carboxylic acid groups (broad SMARTS) is 1. The normalized spacial score (nSPS) is 10.1. The summed E-state index contributed by atoms with van der Waals surface area (Å²) in [5.74, 6) is -1.01. The number of aromatic nitrogens is 2. The Morgan fingerprint density at radius 2 is 2.00 bits per heavy atom. The van der Waals surface area contributed by atoms with Gasteiger partial charge in [0.25, 0.3) is 5.56 Å². The second-order valence-electron chi connectivity index (χ2n) is 3.48. The van der Waals surface area contributed by atoms with Crippen molar-refractivity contribution in [1.82, 2.24) is 9.78 Å². The molecule has 0 aliphatic heterocycles. The maximum absolute atomic E-state index is 11.5. The molecule has 17 heavy (non-hydrogen) atoms. The van der Waals surface area contributed by atoms with Crippen molar-refractivity contribution < 1.29 is 9.90 Å². The van der Waals surface area contributed by atoms with Crippen molar-refractivity contribution in [3.63, 3.8) is 0 Å². The van der Waals surface area contributed by atoms with E-state index in [0.29, 0.717) is 5.56 Å². The first-order valence-corrected chi connectivity index (χ1v) is 5.02. The summed E-state index contributed by atoms with van der Waals surface area (Å²) in [6, 6.07) is 9.48. The number of hydrogen-bond acceptors (Lipinski definition) is 3. The maximum atomic E-state index is 11.5. The third kappa shape index (κ3) is 2.39. The molecule has 5 heteroatoms. The van der Waals surface area contributed by atoms with Gasteiger partial charge >= 0.3 is 5.97 Å². The van der Waals surface area contributed by atoms with Crippen LogP contribution in [0.5, 0.6) is 0 Å². The molecule has 2 rings (SSSR count). The van der Waals surface area contributed by atoms with E-state index in [1.165, 1.54) is 23.0 Å². The fraction of sp³-hybridized carbons (Fsp3) is 0.0833. The van der Waals surface area contributed by atoms with Gasteiger partial charge in [0.2, 0.25) is 0 Å². The Balaban J connectivity index is 2.40. The molecule has 0 radical (unpaired) electrons. The van der Waals surface area contributed by atoms with Gasteiger partial charge in [-0.15, -0.1) is 0 Å².